The van der Waals surface area contributed by atoms with Crippen LogP contribution < -0.4 is 15.2 Å². The Hall–Kier alpha value is -1.08. The Morgan fingerprint density at radius 3 is 2.86 bits per heavy atom. The molecule has 0 fully saturated rings. The lowest BCUT2D eigenvalue weighted by Crippen LogP contribution is -2.30. The van der Waals surface area contributed by atoms with Crippen LogP contribution in [0, 0.1) is 0 Å². The molecule has 1 aromatic carbocycles. The zero-order valence-electron chi connectivity index (χ0n) is 11.7. The average molecular weight is 369 g/mol. The molecule has 0 saturated carbocycles. The second-order valence-electron chi connectivity index (χ2n) is 5.04. The molecule has 0 bridgehead atoms. The summed E-state index contributed by atoms with van der Waals surface area (Å²) in [6, 6.07) is 8.34. The fourth-order valence-corrected chi connectivity index (χ4v) is 3.72. The highest BCUT2D eigenvalue weighted by Crippen LogP contribution is 2.35. The van der Waals surface area contributed by atoms with Crippen molar-refractivity contribution in [1.82, 2.24) is 4.90 Å². The second kappa shape index (κ2) is 6.36. The molecule has 112 valence electrons. The van der Waals surface area contributed by atoms with Crippen LogP contribution in [0.2, 0.25) is 0 Å². The molecule has 4 nitrogen and oxygen atoms in total. The largest absolute Gasteiger partial charge is 0.454 e. The van der Waals surface area contributed by atoms with E-state index in [-0.39, 0.29) is 6.04 Å². The molecule has 2 aromatic rings. The van der Waals surface area contributed by atoms with E-state index in [0.29, 0.717) is 13.3 Å². The Morgan fingerprint density at radius 1 is 1.33 bits per heavy atom. The number of rotatable bonds is 5. The van der Waals surface area contributed by atoms with E-state index in [1.165, 1.54) is 5.56 Å². The van der Waals surface area contributed by atoms with Gasteiger partial charge in [0.25, 0.3) is 0 Å². The Kier molecular flexibility index (Phi) is 4.49. The molecule has 3 rings (SSSR count). The van der Waals surface area contributed by atoms with Gasteiger partial charge in [0, 0.05) is 19.1 Å². The third-order valence-electron chi connectivity index (χ3n) is 3.59. The highest BCUT2D eigenvalue weighted by atomic mass is 79.9. The van der Waals surface area contributed by atoms with Crippen LogP contribution in [0.15, 0.2) is 33.4 Å². The standard InChI is InChI=1S/C15H17BrN2O2S/c1-18(7-10-4-15(16)21-8-10)12(6-17)11-2-3-13-14(5-11)20-9-19-13/h2-5,8,12H,6-7,9,17H2,1H3. The molecule has 1 aliphatic heterocycles. The van der Waals surface area contributed by atoms with Crippen molar-refractivity contribution >= 4 is 27.3 Å². The van der Waals surface area contributed by atoms with E-state index in [1.807, 2.05) is 12.1 Å². The molecule has 0 radical (unpaired) electrons. The Labute approximate surface area is 136 Å². The minimum Gasteiger partial charge on any atom is -0.454 e. The maximum absolute atomic E-state index is 5.99. The maximum atomic E-state index is 5.99. The summed E-state index contributed by atoms with van der Waals surface area (Å²) in [5.74, 6) is 1.61. The summed E-state index contributed by atoms with van der Waals surface area (Å²) < 4.78 is 12.0. The van der Waals surface area contributed by atoms with Gasteiger partial charge in [-0.15, -0.1) is 11.3 Å². The number of hydrogen-bond donors (Lipinski definition) is 1. The molecule has 0 amide bonds. The van der Waals surface area contributed by atoms with Crippen LogP contribution in [0.3, 0.4) is 0 Å². The monoisotopic (exact) mass is 368 g/mol. The number of likely N-dealkylation sites (N-methyl/N-ethyl adjacent to an activating group) is 1. The van der Waals surface area contributed by atoms with Gasteiger partial charge in [-0.05, 0) is 57.7 Å². The van der Waals surface area contributed by atoms with Crippen molar-refractivity contribution in [3.8, 4) is 11.5 Å². The number of hydrogen-bond acceptors (Lipinski definition) is 5. The Bertz CT molecular complexity index is 632. The van der Waals surface area contributed by atoms with E-state index < -0.39 is 0 Å². The molecule has 0 spiro atoms. The van der Waals surface area contributed by atoms with E-state index >= 15 is 0 Å². The first-order valence-electron chi connectivity index (χ1n) is 6.70. The van der Waals surface area contributed by atoms with Gasteiger partial charge in [-0.25, -0.2) is 0 Å². The zero-order chi connectivity index (χ0) is 14.8. The summed E-state index contributed by atoms with van der Waals surface area (Å²) in [7, 11) is 2.09. The van der Waals surface area contributed by atoms with Gasteiger partial charge in [0.1, 0.15) is 0 Å². The normalized spacial score (nSPS) is 14.7. The van der Waals surface area contributed by atoms with Gasteiger partial charge >= 0.3 is 0 Å². The lowest BCUT2D eigenvalue weighted by Gasteiger charge is -2.27. The first-order chi connectivity index (χ1) is 10.2. The molecule has 2 heterocycles. The van der Waals surface area contributed by atoms with Crippen molar-refractivity contribution in [3.05, 3.63) is 44.6 Å². The van der Waals surface area contributed by atoms with Crippen molar-refractivity contribution in [2.45, 2.75) is 12.6 Å². The number of benzene rings is 1. The number of fused-ring (bicyclic) bond motifs is 1. The number of halogens is 1. The number of ether oxygens (including phenoxy) is 2. The predicted octanol–water partition coefficient (Wildman–Crippen LogP) is 3.37. The summed E-state index contributed by atoms with van der Waals surface area (Å²) >= 11 is 5.20. The van der Waals surface area contributed by atoms with Crippen molar-refractivity contribution in [2.24, 2.45) is 5.73 Å². The highest BCUT2D eigenvalue weighted by Gasteiger charge is 2.20. The van der Waals surface area contributed by atoms with Gasteiger partial charge in [-0.1, -0.05) is 6.07 Å². The number of nitrogens with zero attached hydrogens (tertiary/aromatic N) is 1. The topological polar surface area (TPSA) is 47.7 Å². The smallest absolute Gasteiger partial charge is 0.231 e. The van der Waals surface area contributed by atoms with E-state index in [0.717, 1.165) is 27.4 Å². The fraction of sp³-hybridized carbons (Fsp3) is 0.333. The number of nitrogens with two attached hydrogens (primary N) is 1. The lowest BCUT2D eigenvalue weighted by molar-refractivity contribution is 0.173. The van der Waals surface area contributed by atoms with E-state index in [9.17, 15) is 0 Å². The first kappa shape index (κ1) is 14.8. The fourth-order valence-electron chi connectivity index (χ4n) is 2.52. The minimum atomic E-state index is 0.151. The number of thiophene rings is 1. The molecule has 1 aliphatic rings. The first-order valence-corrected chi connectivity index (χ1v) is 8.37. The van der Waals surface area contributed by atoms with Gasteiger partial charge < -0.3 is 15.2 Å². The Balaban J connectivity index is 1.77. The summed E-state index contributed by atoms with van der Waals surface area (Å²) in [4.78, 5) is 2.26. The minimum absolute atomic E-state index is 0.151. The predicted molar refractivity (Wildman–Crippen MR) is 87.8 cm³/mol. The molecular weight excluding hydrogens is 352 g/mol. The van der Waals surface area contributed by atoms with Gasteiger partial charge in [0.05, 0.1) is 3.79 Å². The summed E-state index contributed by atoms with van der Waals surface area (Å²) in [6.07, 6.45) is 0. The molecule has 21 heavy (non-hydrogen) atoms. The summed E-state index contributed by atoms with van der Waals surface area (Å²) in [6.45, 7) is 1.71. The van der Waals surface area contributed by atoms with Crippen LogP contribution in [0.25, 0.3) is 0 Å². The zero-order valence-corrected chi connectivity index (χ0v) is 14.1. The van der Waals surface area contributed by atoms with Crippen LogP contribution in [-0.2, 0) is 6.54 Å². The molecule has 1 atom stereocenters. The SMILES string of the molecule is CN(Cc1csc(Br)c1)C(CN)c1ccc2c(c1)OCO2. The van der Waals surface area contributed by atoms with Crippen LogP contribution in [0.1, 0.15) is 17.2 Å². The molecule has 1 unspecified atom stereocenters. The summed E-state index contributed by atoms with van der Waals surface area (Å²) in [5.41, 5.74) is 8.43. The van der Waals surface area contributed by atoms with Crippen molar-refractivity contribution < 1.29 is 9.47 Å². The van der Waals surface area contributed by atoms with E-state index in [4.69, 9.17) is 15.2 Å². The second-order valence-corrected chi connectivity index (χ2v) is 7.33. The molecular formula is C15H17BrN2O2S. The van der Waals surface area contributed by atoms with Gasteiger partial charge in [-0.2, -0.15) is 0 Å². The van der Waals surface area contributed by atoms with Gasteiger partial charge in [0.15, 0.2) is 11.5 Å². The molecule has 1 aromatic heterocycles. The summed E-state index contributed by atoms with van der Waals surface area (Å²) in [5, 5.41) is 2.16. The molecule has 6 heteroatoms. The van der Waals surface area contributed by atoms with Crippen LogP contribution >= 0.6 is 27.3 Å². The van der Waals surface area contributed by atoms with E-state index in [2.05, 4.69) is 45.4 Å². The van der Waals surface area contributed by atoms with Gasteiger partial charge in [-0.3, -0.25) is 4.90 Å². The third-order valence-corrected chi connectivity index (χ3v) is 5.14. The van der Waals surface area contributed by atoms with Gasteiger partial charge in [0.2, 0.25) is 6.79 Å². The molecule has 0 aliphatic carbocycles. The third kappa shape index (κ3) is 3.23. The lowest BCUT2D eigenvalue weighted by atomic mass is 10.0. The van der Waals surface area contributed by atoms with Crippen molar-refractivity contribution in [1.29, 1.82) is 0 Å². The maximum Gasteiger partial charge on any atom is 0.231 e. The van der Waals surface area contributed by atoms with Crippen LogP contribution in [-0.4, -0.2) is 25.3 Å². The van der Waals surface area contributed by atoms with Crippen molar-refractivity contribution in [3.63, 3.8) is 0 Å². The molecule has 0 saturated heterocycles. The van der Waals surface area contributed by atoms with E-state index in [1.54, 1.807) is 11.3 Å². The average Bonchev–Trinajstić information content (AvgIpc) is 3.08. The van der Waals surface area contributed by atoms with Crippen LogP contribution in [0.4, 0.5) is 0 Å². The Morgan fingerprint density at radius 2 is 2.14 bits per heavy atom. The molecule has 2 N–H and O–H groups in total. The quantitative estimate of drug-likeness (QED) is 0.878. The highest BCUT2D eigenvalue weighted by molar-refractivity contribution is 9.11. The van der Waals surface area contributed by atoms with Crippen molar-refractivity contribution in [2.75, 3.05) is 20.4 Å². The van der Waals surface area contributed by atoms with Crippen LogP contribution in [0.5, 0.6) is 11.5 Å².